The molecule has 0 aromatic heterocycles. The molecule has 1 rings (SSSR count). The molecule has 1 aliphatic rings. The standard InChI is InChI=1S/C17H31N3O4/c1-6-24-17(23)19-9-7-18(8-10-19)15(21)16(22)20(11-13(2)3)12-14(4)5/h13-14H,6-12H2,1-5H3. The van der Waals surface area contributed by atoms with E-state index >= 15 is 0 Å². The lowest BCUT2D eigenvalue weighted by atomic mass is 10.1. The Balaban J connectivity index is 2.62. The normalized spacial score (nSPS) is 15.0. The van der Waals surface area contributed by atoms with Crippen molar-refractivity contribution < 1.29 is 19.1 Å². The number of hydrogen-bond donors (Lipinski definition) is 0. The summed E-state index contributed by atoms with van der Waals surface area (Å²) >= 11 is 0. The highest BCUT2D eigenvalue weighted by Crippen LogP contribution is 2.09. The van der Waals surface area contributed by atoms with E-state index in [1.165, 1.54) is 4.90 Å². The molecule has 0 N–H and O–H groups in total. The summed E-state index contributed by atoms with van der Waals surface area (Å²) in [4.78, 5) is 41.5. The lowest BCUT2D eigenvalue weighted by Gasteiger charge is -2.35. The molecule has 0 radical (unpaired) electrons. The van der Waals surface area contributed by atoms with Gasteiger partial charge in [0.2, 0.25) is 0 Å². The Morgan fingerprint density at radius 3 is 1.79 bits per heavy atom. The Bertz CT molecular complexity index is 433. The molecule has 0 aromatic carbocycles. The summed E-state index contributed by atoms with van der Waals surface area (Å²) in [6.07, 6.45) is -0.364. The first-order chi connectivity index (χ1) is 11.3. The Morgan fingerprint density at radius 1 is 0.917 bits per heavy atom. The summed E-state index contributed by atoms with van der Waals surface area (Å²) in [5.41, 5.74) is 0. The monoisotopic (exact) mass is 341 g/mol. The van der Waals surface area contributed by atoms with Crippen molar-refractivity contribution >= 4 is 17.9 Å². The molecule has 138 valence electrons. The number of carbonyl (C=O) groups excluding carboxylic acids is 3. The van der Waals surface area contributed by atoms with Gasteiger partial charge in [0.25, 0.3) is 0 Å². The Labute approximate surface area is 144 Å². The van der Waals surface area contributed by atoms with E-state index in [0.717, 1.165) is 0 Å². The molecule has 7 heteroatoms. The summed E-state index contributed by atoms with van der Waals surface area (Å²) in [5.74, 6) is -0.302. The molecule has 1 aliphatic heterocycles. The molecular weight excluding hydrogens is 310 g/mol. The topological polar surface area (TPSA) is 70.2 Å². The summed E-state index contributed by atoms with van der Waals surface area (Å²) in [6.45, 7) is 12.9. The number of hydrogen-bond acceptors (Lipinski definition) is 4. The molecule has 0 aromatic rings. The number of amides is 3. The van der Waals surface area contributed by atoms with Crippen molar-refractivity contribution in [3.05, 3.63) is 0 Å². The molecule has 1 heterocycles. The lowest BCUT2D eigenvalue weighted by Crippen LogP contribution is -2.55. The van der Waals surface area contributed by atoms with Crippen molar-refractivity contribution in [1.29, 1.82) is 0 Å². The van der Waals surface area contributed by atoms with Crippen molar-refractivity contribution in [3.63, 3.8) is 0 Å². The fourth-order valence-corrected chi connectivity index (χ4v) is 2.70. The van der Waals surface area contributed by atoms with Crippen molar-refractivity contribution in [2.45, 2.75) is 34.6 Å². The van der Waals surface area contributed by atoms with Crippen molar-refractivity contribution in [2.75, 3.05) is 45.9 Å². The molecule has 24 heavy (non-hydrogen) atoms. The van der Waals surface area contributed by atoms with Crippen LogP contribution in [0.4, 0.5) is 4.79 Å². The molecule has 0 unspecified atom stereocenters. The maximum atomic E-state index is 12.6. The second-order valence-electron chi connectivity index (χ2n) is 6.98. The largest absolute Gasteiger partial charge is 0.450 e. The molecule has 0 saturated carbocycles. The van der Waals surface area contributed by atoms with Crippen LogP contribution in [0.2, 0.25) is 0 Å². The van der Waals surface area contributed by atoms with E-state index in [-0.39, 0.29) is 6.09 Å². The van der Waals surface area contributed by atoms with Crippen molar-refractivity contribution in [2.24, 2.45) is 11.8 Å². The first-order valence-electron chi connectivity index (χ1n) is 8.76. The Kier molecular flexibility index (Phi) is 8.01. The van der Waals surface area contributed by atoms with E-state index < -0.39 is 11.8 Å². The molecule has 3 amide bonds. The van der Waals surface area contributed by atoms with Crippen LogP contribution in [0.5, 0.6) is 0 Å². The van der Waals surface area contributed by atoms with Crippen molar-refractivity contribution in [3.8, 4) is 0 Å². The Hall–Kier alpha value is -1.79. The number of carbonyl (C=O) groups is 3. The maximum Gasteiger partial charge on any atom is 0.409 e. The fraction of sp³-hybridized carbons (Fsp3) is 0.824. The van der Waals surface area contributed by atoms with E-state index in [4.69, 9.17) is 4.74 Å². The number of ether oxygens (including phenoxy) is 1. The van der Waals surface area contributed by atoms with Gasteiger partial charge in [-0.25, -0.2) is 4.79 Å². The fourth-order valence-electron chi connectivity index (χ4n) is 2.70. The molecule has 0 atom stereocenters. The molecular formula is C17H31N3O4. The first-order valence-corrected chi connectivity index (χ1v) is 8.76. The van der Waals surface area contributed by atoms with Gasteiger partial charge < -0.3 is 19.4 Å². The average Bonchev–Trinajstić information content (AvgIpc) is 2.52. The SMILES string of the molecule is CCOC(=O)N1CCN(C(=O)C(=O)N(CC(C)C)CC(C)C)CC1. The summed E-state index contributed by atoms with van der Waals surface area (Å²) in [5, 5.41) is 0. The van der Waals surface area contributed by atoms with Crippen LogP contribution in [0.1, 0.15) is 34.6 Å². The molecule has 7 nitrogen and oxygen atoms in total. The second-order valence-corrected chi connectivity index (χ2v) is 6.98. The molecule has 0 bridgehead atoms. The van der Waals surface area contributed by atoms with Crippen molar-refractivity contribution in [1.82, 2.24) is 14.7 Å². The van der Waals surface area contributed by atoms with Crippen LogP contribution in [0.15, 0.2) is 0 Å². The summed E-state index contributed by atoms with van der Waals surface area (Å²) in [6, 6.07) is 0. The highest BCUT2D eigenvalue weighted by atomic mass is 16.6. The minimum Gasteiger partial charge on any atom is -0.450 e. The Morgan fingerprint density at radius 2 is 1.38 bits per heavy atom. The van der Waals surface area contributed by atoms with Gasteiger partial charge in [0.05, 0.1) is 6.61 Å². The van der Waals surface area contributed by atoms with E-state index in [0.29, 0.717) is 57.7 Å². The van der Waals surface area contributed by atoms with Gasteiger partial charge in [0.15, 0.2) is 0 Å². The highest BCUT2D eigenvalue weighted by molar-refractivity contribution is 6.34. The number of rotatable bonds is 5. The quantitative estimate of drug-likeness (QED) is 0.709. The summed E-state index contributed by atoms with van der Waals surface area (Å²) in [7, 11) is 0. The predicted molar refractivity (Wildman–Crippen MR) is 91.4 cm³/mol. The van der Waals surface area contributed by atoms with Gasteiger partial charge in [-0.05, 0) is 18.8 Å². The van der Waals surface area contributed by atoms with Gasteiger partial charge in [0.1, 0.15) is 0 Å². The third kappa shape index (κ3) is 6.02. The van der Waals surface area contributed by atoms with Crippen LogP contribution < -0.4 is 0 Å². The van der Waals surface area contributed by atoms with Crippen LogP contribution in [-0.2, 0) is 14.3 Å². The second kappa shape index (κ2) is 9.49. The predicted octanol–water partition coefficient (Wildman–Crippen LogP) is 1.43. The minimum absolute atomic E-state index is 0.307. The lowest BCUT2D eigenvalue weighted by molar-refractivity contribution is -0.153. The summed E-state index contributed by atoms with van der Waals surface area (Å²) < 4.78 is 4.96. The molecule has 0 aliphatic carbocycles. The zero-order chi connectivity index (χ0) is 18.3. The van der Waals surface area contributed by atoms with E-state index in [1.54, 1.807) is 16.7 Å². The van der Waals surface area contributed by atoms with Gasteiger partial charge in [-0.3, -0.25) is 9.59 Å². The molecule has 0 spiro atoms. The van der Waals surface area contributed by atoms with Crippen LogP contribution >= 0.6 is 0 Å². The highest BCUT2D eigenvalue weighted by Gasteiger charge is 2.31. The van der Waals surface area contributed by atoms with Crippen LogP contribution in [0.3, 0.4) is 0 Å². The van der Waals surface area contributed by atoms with E-state index in [1.807, 2.05) is 27.7 Å². The minimum atomic E-state index is -0.472. The van der Waals surface area contributed by atoms with E-state index in [2.05, 4.69) is 0 Å². The zero-order valence-corrected chi connectivity index (χ0v) is 15.6. The number of piperazine rings is 1. The zero-order valence-electron chi connectivity index (χ0n) is 15.6. The van der Waals surface area contributed by atoms with Gasteiger partial charge in [-0.2, -0.15) is 0 Å². The molecule has 1 saturated heterocycles. The first kappa shape index (κ1) is 20.3. The van der Waals surface area contributed by atoms with Crippen LogP contribution in [-0.4, -0.2) is 78.5 Å². The van der Waals surface area contributed by atoms with Gasteiger partial charge in [0, 0.05) is 39.3 Å². The smallest absolute Gasteiger partial charge is 0.409 e. The van der Waals surface area contributed by atoms with Crippen LogP contribution in [0.25, 0.3) is 0 Å². The van der Waals surface area contributed by atoms with Gasteiger partial charge in [-0.15, -0.1) is 0 Å². The van der Waals surface area contributed by atoms with Crippen LogP contribution in [0, 0.1) is 11.8 Å². The van der Waals surface area contributed by atoms with Gasteiger partial charge >= 0.3 is 17.9 Å². The average molecular weight is 341 g/mol. The number of nitrogens with zero attached hydrogens (tertiary/aromatic N) is 3. The molecule has 1 fully saturated rings. The van der Waals surface area contributed by atoms with E-state index in [9.17, 15) is 14.4 Å². The third-order valence-electron chi connectivity index (χ3n) is 3.73. The third-order valence-corrected chi connectivity index (χ3v) is 3.73. The van der Waals surface area contributed by atoms with Gasteiger partial charge in [-0.1, -0.05) is 27.7 Å². The maximum absolute atomic E-state index is 12.6.